The second-order valence-corrected chi connectivity index (χ2v) is 6.27. The van der Waals surface area contributed by atoms with Crippen LogP contribution in [0, 0.1) is 6.92 Å². The molecule has 0 aliphatic rings. The number of hydrogen-bond acceptors (Lipinski definition) is 6. The van der Waals surface area contributed by atoms with Gasteiger partial charge in [0.2, 0.25) is 5.13 Å². The molecule has 2 aromatic rings. The molecule has 2 aromatic heterocycles. The summed E-state index contributed by atoms with van der Waals surface area (Å²) in [7, 11) is 0. The Morgan fingerprint density at radius 1 is 1.30 bits per heavy atom. The van der Waals surface area contributed by atoms with Crippen LogP contribution >= 0.6 is 11.5 Å². The summed E-state index contributed by atoms with van der Waals surface area (Å²) < 4.78 is 4.02. The number of nitrogen functional groups attached to an aromatic ring is 1. The second kappa shape index (κ2) is 5.16. The molecule has 0 aliphatic carbocycles. The maximum atomic E-state index is 12.2. The van der Waals surface area contributed by atoms with Crippen molar-refractivity contribution < 1.29 is 4.79 Å². The quantitative estimate of drug-likeness (QED) is 0.886. The number of rotatable bonds is 2. The zero-order valence-electron chi connectivity index (χ0n) is 11.9. The molecule has 0 saturated carbocycles. The van der Waals surface area contributed by atoms with Gasteiger partial charge in [-0.3, -0.25) is 10.1 Å². The fraction of sp³-hybridized carbons (Fsp3) is 0.385. The van der Waals surface area contributed by atoms with Crippen molar-refractivity contribution in [2.45, 2.75) is 33.1 Å². The lowest BCUT2D eigenvalue weighted by Gasteiger charge is -2.18. The van der Waals surface area contributed by atoms with E-state index in [1.807, 2.05) is 20.8 Å². The molecular weight excluding hydrogens is 274 g/mol. The molecule has 0 saturated heterocycles. The van der Waals surface area contributed by atoms with E-state index in [4.69, 9.17) is 5.73 Å². The Bertz CT molecular complexity index is 644. The van der Waals surface area contributed by atoms with Crippen molar-refractivity contribution in [1.82, 2.24) is 14.3 Å². The molecule has 0 aromatic carbocycles. The topological polar surface area (TPSA) is 93.8 Å². The van der Waals surface area contributed by atoms with E-state index in [-0.39, 0.29) is 11.3 Å². The van der Waals surface area contributed by atoms with Crippen molar-refractivity contribution in [1.29, 1.82) is 0 Å². The summed E-state index contributed by atoms with van der Waals surface area (Å²) in [4.78, 5) is 20.6. The fourth-order valence-corrected chi connectivity index (χ4v) is 2.16. The number of aromatic nitrogens is 3. The molecule has 3 N–H and O–H groups in total. The Balaban J connectivity index is 2.28. The number of carbonyl (C=O) groups excluding carboxylic acids is 1. The third-order valence-electron chi connectivity index (χ3n) is 2.62. The normalized spacial score (nSPS) is 11.4. The summed E-state index contributed by atoms with van der Waals surface area (Å²) >= 11 is 1.15. The highest BCUT2D eigenvalue weighted by atomic mass is 32.1. The van der Waals surface area contributed by atoms with E-state index in [1.54, 1.807) is 19.1 Å². The van der Waals surface area contributed by atoms with Gasteiger partial charge in [-0.25, -0.2) is 9.97 Å². The third-order valence-corrected chi connectivity index (χ3v) is 3.35. The van der Waals surface area contributed by atoms with Crippen LogP contribution in [0.4, 0.5) is 10.9 Å². The molecule has 0 radical (unpaired) electrons. The Kier molecular flexibility index (Phi) is 3.71. The van der Waals surface area contributed by atoms with Gasteiger partial charge in [-0.05, 0) is 19.1 Å². The van der Waals surface area contributed by atoms with E-state index in [0.717, 1.165) is 17.2 Å². The Hall–Kier alpha value is -2.02. The number of nitrogens with two attached hydrogens (primary N) is 1. The number of carbonyl (C=O) groups is 1. The van der Waals surface area contributed by atoms with Gasteiger partial charge in [0.15, 0.2) is 0 Å². The molecule has 1 amide bonds. The minimum absolute atomic E-state index is 0.177. The van der Waals surface area contributed by atoms with E-state index in [2.05, 4.69) is 19.7 Å². The molecule has 0 unspecified atom stereocenters. The zero-order valence-corrected chi connectivity index (χ0v) is 12.7. The van der Waals surface area contributed by atoms with Gasteiger partial charge in [0.1, 0.15) is 11.6 Å². The number of amides is 1. The lowest BCUT2D eigenvalue weighted by Crippen LogP contribution is -2.18. The van der Waals surface area contributed by atoms with E-state index < -0.39 is 0 Å². The first-order valence-corrected chi connectivity index (χ1v) is 6.93. The predicted molar refractivity (Wildman–Crippen MR) is 79.9 cm³/mol. The van der Waals surface area contributed by atoms with Gasteiger partial charge >= 0.3 is 0 Å². The van der Waals surface area contributed by atoms with Crippen LogP contribution in [0.1, 0.15) is 42.6 Å². The van der Waals surface area contributed by atoms with Gasteiger partial charge < -0.3 is 5.73 Å². The zero-order chi connectivity index (χ0) is 14.9. The van der Waals surface area contributed by atoms with Crippen molar-refractivity contribution in [2.24, 2.45) is 0 Å². The lowest BCUT2D eigenvalue weighted by molar-refractivity contribution is 0.102. The Morgan fingerprint density at radius 2 is 2.00 bits per heavy atom. The van der Waals surface area contributed by atoms with Gasteiger partial charge in [0, 0.05) is 28.2 Å². The van der Waals surface area contributed by atoms with Crippen LogP contribution in [0.2, 0.25) is 0 Å². The summed E-state index contributed by atoms with van der Waals surface area (Å²) in [5.74, 6) is 0.701. The van der Waals surface area contributed by atoms with Gasteiger partial charge in [-0.2, -0.15) is 4.37 Å². The van der Waals surface area contributed by atoms with Gasteiger partial charge in [0.25, 0.3) is 5.91 Å². The molecule has 20 heavy (non-hydrogen) atoms. The van der Waals surface area contributed by atoms with Crippen LogP contribution < -0.4 is 11.1 Å². The molecule has 0 atom stereocenters. The van der Waals surface area contributed by atoms with Gasteiger partial charge in [-0.1, -0.05) is 20.8 Å². The van der Waals surface area contributed by atoms with E-state index in [1.165, 1.54) is 0 Å². The highest BCUT2D eigenvalue weighted by molar-refractivity contribution is 7.09. The maximum Gasteiger partial charge on any atom is 0.257 e. The number of pyridine rings is 1. The molecule has 106 valence electrons. The largest absolute Gasteiger partial charge is 0.384 e. The van der Waals surface area contributed by atoms with E-state index in [9.17, 15) is 4.79 Å². The molecule has 2 rings (SSSR count). The van der Waals surface area contributed by atoms with Crippen LogP contribution in [-0.4, -0.2) is 20.2 Å². The number of hydrogen-bond donors (Lipinski definition) is 2. The molecular formula is C13H17N5OS. The molecule has 6 nitrogen and oxygen atoms in total. The molecule has 2 heterocycles. The molecule has 0 spiro atoms. The van der Waals surface area contributed by atoms with Crippen LogP contribution in [0.5, 0.6) is 0 Å². The number of aryl methyl sites for hydroxylation is 1. The van der Waals surface area contributed by atoms with Crippen LogP contribution in [0.15, 0.2) is 12.1 Å². The highest BCUT2D eigenvalue weighted by Gasteiger charge is 2.19. The first kappa shape index (κ1) is 14.4. The average Bonchev–Trinajstić information content (AvgIpc) is 2.72. The second-order valence-electron chi connectivity index (χ2n) is 5.52. The highest BCUT2D eigenvalue weighted by Crippen LogP contribution is 2.23. The first-order chi connectivity index (χ1) is 9.25. The molecule has 0 bridgehead atoms. The number of anilines is 2. The minimum atomic E-state index is -0.263. The van der Waals surface area contributed by atoms with E-state index >= 15 is 0 Å². The third kappa shape index (κ3) is 3.30. The average molecular weight is 291 g/mol. The van der Waals surface area contributed by atoms with Crippen molar-refractivity contribution in [2.75, 3.05) is 11.1 Å². The Labute approximate surface area is 121 Å². The summed E-state index contributed by atoms with van der Waals surface area (Å²) in [6.45, 7) is 7.83. The van der Waals surface area contributed by atoms with Crippen LogP contribution in [0.25, 0.3) is 0 Å². The standard InChI is InChI=1S/C13H17N5OS/c1-7-15-12(20-18-7)17-11(19)8-5-9(13(2,3)4)16-10(14)6-8/h5-6H,1-4H3,(H2,14,16)(H,15,17,18,19). The number of nitrogens with one attached hydrogen (secondary N) is 1. The van der Waals surface area contributed by atoms with Crippen molar-refractivity contribution in [3.63, 3.8) is 0 Å². The van der Waals surface area contributed by atoms with Crippen LogP contribution in [-0.2, 0) is 5.41 Å². The molecule has 0 fully saturated rings. The first-order valence-electron chi connectivity index (χ1n) is 6.15. The minimum Gasteiger partial charge on any atom is -0.384 e. The maximum absolute atomic E-state index is 12.2. The van der Waals surface area contributed by atoms with Gasteiger partial charge in [-0.15, -0.1) is 0 Å². The van der Waals surface area contributed by atoms with Crippen molar-refractivity contribution in [3.05, 3.63) is 29.2 Å². The molecule has 0 aliphatic heterocycles. The number of nitrogens with zero attached hydrogens (tertiary/aromatic N) is 3. The lowest BCUT2D eigenvalue weighted by atomic mass is 9.90. The summed E-state index contributed by atoms with van der Waals surface area (Å²) in [5, 5.41) is 3.18. The van der Waals surface area contributed by atoms with Gasteiger partial charge in [0.05, 0.1) is 0 Å². The predicted octanol–water partition coefficient (Wildman–Crippen LogP) is 2.37. The fourth-order valence-electron chi connectivity index (χ4n) is 1.58. The Morgan fingerprint density at radius 3 is 2.55 bits per heavy atom. The summed E-state index contributed by atoms with van der Waals surface area (Å²) in [5.41, 5.74) is 6.84. The summed E-state index contributed by atoms with van der Waals surface area (Å²) in [6.07, 6.45) is 0. The smallest absolute Gasteiger partial charge is 0.257 e. The van der Waals surface area contributed by atoms with E-state index in [0.29, 0.717) is 22.3 Å². The monoisotopic (exact) mass is 291 g/mol. The SMILES string of the molecule is Cc1nsc(NC(=O)c2cc(N)nc(C(C)(C)C)c2)n1. The summed E-state index contributed by atoms with van der Waals surface area (Å²) in [6, 6.07) is 3.30. The van der Waals surface area contributed by atoms with Crippen molar-refractivity contribution >= 4 is 28.4 Å². The molecule has 7 heteroatoms. The van der Waals surface area contributed by atoms with Crippen LogP contribution in [0.3, 0.4) is 0 Å². The van der Waals surface area contributed by atoms with Crippen molar-refractivity contribution in [3.8, 4) is 0 Å².